The number of rotatable bonds is 10. The normalized spacial score (nSPS) is 12.2. The third kappa shape index (κ3) is 6.25. The summed E-state index contributed by atoms with van der Waals surface area (Å²) in [5.74, 6) is 0.967. The number of nitrogens with one attached hydrogen (secondary N) is 1. The van der Waals surface area contributed by atoms with Crippen LogP contribution < -0.4 is 19.1 Å². The van der Waals surface area contributed by atoms with E-state index < -0.39 is 22.5 Å². The van der Waals surface area contributed by atoms with Crippen LogP contribution in [0.5, 0.6) is 11.5 Å². The minimum Gasteiger partial charge on any atom is -0.496 e. The Bertz CT molecular complexity index is 1350. The second-order valence-electron chi connectivity index (χ2n) is 9.39. The number of nitrogens with zero attached hydrogens (tertiary/aromatic N) is 1. The summed E-state index contributed by atoms with van der Waals surface area (Å²) in [4.78, 5) is 13.4. The van der Waals surface area contributed by atoms with Crippen LogP contribution in [0.4, 0.5) is 5.69 Å². The molecule has 1 amide bonds. The van der Waals surface area contributed by atoms with E-state index in [0.717, 1.165) is 32.3 Å². The maximum Gasteiger partial charge on any atom is 0.264 e. The number of sulfonamides is 1. The minimum absolute atomic E-state index is 0.0898. The van der Waals surface area contributed by atoms with Gasteiger partial charge >= 0.3 is 0 Å². The molecular formula is C29H36N2O5S. The van der Waals surface area contributed by atoms with E-state index in [9.17, 15) is 13.2 Å². The maximum atomic E-state index is 13.7. The topological polar surface area (TPSA) is 84.9 Å². The zero-order valence-electron chi connectivity index (χ0n) is 22.5. The van der Waals surface area contributed by atoms with E-state index >= 15 is 0 Å². The summed E-state index contributed by atoms with van der Waals surface area (Å²) in [6, 6.07) is 17.0. The highest BCUT2D eigenvalue weighted by Crippen LogP contribution is 2.34. The van der Waals surface area contributed by atoms with Gasteiger partial charge in [-0.05, 0) is 85.3 Å². The monoisotopic (exact) mass is 524 g/mol. The molecule has 1 unspecified atom stereocenters. The third-order valence-electron chi connectivity index (χ3n) is 6.31. The molecule has 3 rings (SSSR count). The van der Waals surface area contributed by atoms with Crippen LogP contribution in [0.3, 0.4) is 0 Å². The van der Waals surface area contributed by atoms with Gasteiger partial charge < -0.3 is 14.8 Å². The minimum atomic E-state index is -4.06. The largest absolute Gasteiger partial charge is 0.496 e. The van der Waals surface area contributed by atoms with Crippen LogP contribution >= 0.6 is 0 Å². The van der Waals surface area contributed by atoms with Crippen molar-refractivity contribution >= 4 is 21.6 Å². The molecule has 7 nitrogen and oxygen atoms in total. The average Bonchev–Trinajstić information content (AvgIpc) is 2.87. The molecule has 0 bridgehead atoms. The number of methoxy groups -OCH3 is 2. The molecule has 0 heterocycles. The lowest BCUT2D eigenvalue weighted by molar-refractivity contribution is -0.120. The molecule has 0 aliphatic carbocycles. The first-order chi connectivity index (χ1) is 17.5. The van der Waals surface area contributed by atoms with Crippen molar-refractivity contribution in [3.05, 3.63) is 82.9 Å². The van der Waals surface area contributed by atoms with Crippen LogP contribution in [0, 0.1) is 13.8 Å². The molecule has 0 aliphatic rings. The Morgan fingerprint density at radius 3 is 2.14 bits per heavy atom. The summed E-state index contributed by atoms with van der Waals surface area (Å²) in [6.45, 7) is 9.48. The average molecular weight is 525 g/mol. The van der Waals surface area contributed by atoms with Crippen LogP contribution in [0.2, 0.25) is 0 Å². The van der Waals surface area contributed by atoms with Crippen LogP contribution in [0.1, 0.15) is 55.0 Å². The van der Waals surface area contributed by atoms with E-state index in [1.165, 1.54) is 19.2 Å². The van der Waals surface area contributed by atoms with Crippen LogP contribution in [0.15, 0.2) is 65.6 Å². The van der Waals surface area contributed by atoms with Crippen molar-refractivity contribution in [3.63, 3.8) is 0 Å². The number of amides is 1. The van der Waals surface area contributed by atoms with Gasteiger partial charge in [-0.15, -0.1) is 0 Å². The van der Waals surface area contributed by atoms with E-state index in [0.29, 0.717) is 11.4 Å². The van der Waals surface area contributed by atoms with Gasteiger partial charge in [0.25, 0.3) is 10.0 Å². The molecule has 37 heavy (non-hydrogen) atoms. The fourth-order valence-electron chi connectivity index (χ4n) is 4.32. The Balaban J connectivity index is 1.97. The summed E-state index contributed by atoms with van der Waals surface area (Å²) in [5, 5.41) is 2.99. The highest BCUT2D eigenvalue weighted by molar-refractivity contribution is 7.92. The lowest BCUT2D eigenvalue weighted by atomic mass is 9.93. The van der Waals surface area contributed by atoms with E-state index in [4.69, 9.17) is 9.47 Å². The zero-order valence-corrected chi connectivity index (χ0v) is 23.3. The number of anilines is 1. The maximum absolute atomic E-state index is 13.7. The second-order valence-corrected chi connectivity index (χ2v) is 11.3. The number of carbonyl (C=O) groups is 1. The summed E-state index contributed by atoms with van der Waals surface area (Å²) in [6.07, 6.45) is 0. The number of hydrogen-bond donors (Lipinski definition) is 1. The first kappa shape index (κ1) is 28.1. The summed E-state index contributed by atoms with van der Waals surface area (Å²) >= 11 is 0. The highest BCUT2D eigenvalue weighted by atomic mass is 32.2. The van der Waals surface area contributed by atoms with Gasteiger partial charge in [0.05, 0.1) is 30.8 Å². The van der Waals surface area contributed by atoms with Gasteiger partial charge in [0.2, 0.25) is 5.91 Å². The molecule has 198 valence electrons. The Hall–Kier alpha value is -3.52. The van der Waals surface area contributed by atoms with Crippen LogP contribution in [-0.4, -0.2) is 35.1 Å². The molecular weight excluding hydrogens is 488 g/mol. The van der Waals surface area contributed by atoms with Crippen LogP contribution in [0.25, 0.3) is 0 Å². The first-order valence-corrected chi connectivity index (χ1v) is 13.6. The van der Waals surface area contributed by atoms with E-state index in [2.05, 4.69) is 19.2 Å². The number of carbonyl (C=O) groups excluding carboxylic acids is 1. The molecule has 0 fully saturated rings. The van der Waals surface area contributed by atoms with Gasteiger partial charge in [-0.2, -0.15) is 0 Å². The van der Waals surface area contributed by atoms with Crippen molar-refractivity contribution in [1.82, 2.24) is 5.32 Å². The smallest absolute Gasteiger partial charge is 0.264 e. The summed E-state index contributed by atoms with van der Waals surface area (Å²) in [5.41, 5.74) is 4.11. The Kier molecular flexibility index (Phi) is 8.86. The first-order valence-electron chi connectivity index (χ1n) is 12.2. The van der Waals surface area contributed by atoms with Gasteiger partial charge in [0.15, 0.2) is 0 Å². The Morgan fingerprint density at radius 2 is 1.54 bits per heavy atom. The van der Waals surface area contributed by atoms with Gasteiger partial charge in [0.1, 0.15) is 18.0 Å². The molecule has 3 aromatic carbocycles. The van der Waals surface area contributed by atoms with Crippen molar-refractivity contribution < 1.29 is 22.7 Å². The predicted molar refractivity (Wildman–Crippen MR) is 147 cm³/mol. The van der Waals surface area contributed by atoms with E-state index in [1.807, 2.05) is 39.0 Å². The summed E-state index contributed by atoms with van der Waals surface area (Å²) < 4.78 is 39.6. The Morgan fingerprint density at radius 1 is 0.892 bits per heavy atom. The molecule has 0 spiro atoms. The number of hydrogen-bond acceptors (Lipinski definition) is 5. The number of benzene rings is 3. The van der Waals surface area contributed by atoms with Gasteiger partial charge in [-0.3, -0.25) is 9.10 Å². The zero-order chi connectivity index (χ0) is 27.3. The van der Waals surface area contributed by atoms with Crippen LogP contribution in [-0.2, 0) is 14.8 Å². The standard InChI is InChI=1S/C29H36N2O5S/c1-19(2)24-17-25(21(4)16-28(24)36-7)22(5)30-29(32)18-31(26-15-20(3)13-14-27(26)35-6)37(33,34)23-11-9-8-10-12-23/h8-17,19,22H,18H2,1-7H3,(H,30,32). The molecule has 0 saturated heterocycles. The van der Waals surface area contributed by atoms with E-state index in [-0.39, 0.29) is 16.9 Å². The molecule has 1 N–H and O–H groups in total. The molecule has 0 aliphatic heterocycles. The number of ether oxygens (including phenoxy) is 2. The van der Waals surface area contributed by atoms with Crippen molar-refractivity contribution in [2.45, 2.75) is 51.5 Å². The summed E-state index contributed by atoms with van der Waals surface area (Å²) in [7, 11) is -0.938. The van der Waals surface area contributed by atoms with Crippen molar-refractivity contribution in [2.75, 3.05) is 25.1 Å². The molecule has 8 heteroatoms. The van der Waals surface area contributed by atoms with Gasteiger partial charge in [-0.1, -0.05) is 38.1 Å². The van der Waals surface area contributed by atoms with Crippen molar-refractivity contribution in [1.29, 1.82) is 0 Å². The predicted octanol–water partition coefficient (Wildman–Crippen LogP) is 5.52. The molecule has 0 radical (unpaired) electrons. The molecule has 3 aromatic rings. The fourth-order valence-corrected chi connectivity index (χ4v) is 5.76. The molecule has 0 saturated carbocycles. The third-order valence-corrected chi connectivity index (χ3v) is 8.08. The highest BCUT2D eigenvalue weighted by Gasteiger charge is 2.30. The lowest BCUT2D eigenvalue weighted by Crippen LogP contribution is -2.42. The Labute approximate surface area is 220 Å². The van der Waals surface area contributed by atoms with Crippen molar-refractivity contribution in [2.24, 2.45) is 0 Å². The van der Waals surface area contributed by atoms with Crippen molar-refractivity contribution in [3.8, 4) is 11.5 Å². The van der Waals surface area contributed by atoms with E-state index in [1.54, 1.807) is 37.4 Å². The van der Waals surface area contributed by atoms with Gasteiger partial charge in [-0.25, -0.2) is 8.42 Å². The quantitative estimate of drug-likeness (QED) is 0.378. The second kappa shape index (κ2) is 11.7. The number of aryl methyl sites for hydroxylation is 2. The fraction of sp³-hybridized carbons (Fsp3) is 0.345. The van der Waals surface area contributed by atoms with Gasteiger partial charge in [0, 0.05) is 0 Å². The molecule has 0 aromatic heterocycles. The molecule has 1 atom stereocenters. The SMILES string of the molecule is COc1cc(C)c(C(C)NC(=O)CN(c2cc(C)ccc2OC)S(=O)(=O)c2ccccc2)cc1C(C)C. The lowest BCUT2D eigenvalue weighted by Gasteiger charge is -2.27.